The monoisotopic (exact) mass is 266 g/mol. The molecule has 0 aliphatic heterocycles. The molecule has 1 amide bonds. The molecule has 4 nitrogen and oxygen atoms in total. The standard InChI is InChI=1S/C13H18N2O2S/c1-18-12-7-6-9(8-14-12)13(17)15-10-4-2-3-5-11(10)16/h6-8,10-11,16H,2-5H2,1H3,(H,15,17). The van der Waals surface area contributed by atoms with Gasteiger partial charge in [0.25, 0.3) is 5.91 Å². The lowest BCUT2D eigenvalue weighted by Crippen LogP contribution is -2.45. The fourth-order valence-corrected chi connectivity index (χ4v) is 2.53. The summed E-state index contributed by atoms with van der Waals surface area (Å²) in [4.78, 5) is 16.2. The van der Waals surface area contributed by atoms with Gasteiger partial charge in [0.2, 0.25) is 0 Å². The summed E-state index contributed by atoms with van der Waals surface area (Å²) in [6, 6.07) is 3.48. The van der Waals surface area contributed by atoms with Crippen LogP contribution in [0.25, 0.3) is 0 Å². The normalized spacial score (nSPS) is 23.7. The summed E-state index contributed by atoms with van der Waals surface area (Å²) < 4.78 is 0. The van der Waals surface area contributed by atoms with E-state index in [1.54, 1.807) is 24.0 Å². The molecule has 1 heterocycles. The zero-order valence-electron chi connectivity index (χ0n) is 10.4. The van der Waals surface area contributed by atoms with E-state index in [2.05, 4.69) is 10.3 Å². The number of thioether (sulfide) groups is 1. The predicted octanol–water partition coefficient (Wildman–Crippen LogP) is 1.84. The van der Waals surface area contributed by atoms with Gasteiger partial charge < -0.3 is 10.4 Å². The zero-order chi connectivity index (χ0) is 13.0. The van der Waals surface area contributed by atoms with Gasteiger partial charge in [0.15, 0.2) is 0 Å². The molecule has 2 atom stereocenters. The van der Waals surface area contributed by atoms with Gasteiger partial charge in [-0.1, -0.05) is 12.8 Å². The van der Waals surface area contributed by atoms with Crippen LogP contribution in [-0.4, -0.2) is 34.4 Å². The van der Waals surface area contributed by atoms with E-state index < -0.39 is 6.10 Å². The maximum Gasteiger partial charge on any atom is 0.253 e. The van der Waals surface area contributed by atoms with E-state index in [9.17, 15) is 9.90 Å². The van der Waals surface area contributed by atoms with E-state index in [1.165, 1.54) is 0 Å². The molecule has 2 N–H and O–H groups in total. The van der Waals surface area contributed by atoms with Crippen molar-refractivity contribution in [3.8, 4) is 0 Å². The van der Waals surface area contributed by atoms with E-state index in [0.717, 1.165) is 30.7 Å². The molecule has 0 bridgehead atoms. The summed E-state index contributed by atoms with van der Waals surface area (Å²) in [5.74, 6) is -0.152. The van der Waals surface area contributed by atoms with Crippen molar-refractivity contribution in [1.29, 1.82) is 0 Å². The number of carbonyl (C=O) groups excluding carboxylic acids is 1. The van der Waals surface area contributed by atoms with Gasteiger partial charge in [-0.15, -0.1) is 11.8 Å². The Balaban J connectivity index is 1.97. The third-order valence-corrected chi connectivity index (χ3v) is 3.91. The quantitative estimate of drug-likeness (QED) is 0.819. The van der Waals surface area contributed by atoms with Crippen molar-refractivity contribution in [1.82, 2.24) is 10.3 Å². The topological polar surface area (TPSA) is 62.2 Å². The van der Waals surface area contributed by atoms with Crippen LogP contribution in [0.4, 0.5) is 0 Å². The van der Waals surface area contributed by atoms with Crippen molar-refractivity contribution < 1.29 is 9.90 Å². The number of nitrogens with zero attached hydrogens (tertiary/aromatic N) is 1. The number of amides is 1. The van der Waals surface area contributed by atoms with Crippen LogP contribution >= 0.6 is 11.8 Å². The zero-order valence-corrected chi connectivity index (χ0v) is 11.2. The second kappa shape index (κ2) is 6.20. The molecule has 1 aromatic heterocycles. The van der Waals surface area contributed by atoms with Gasteiger partial charge in [-0.05, 0) is 31.2 Å². The number of pyridine rings is 1. The second-order valence-corrected chi connectivity index (χ2v) is 5.35. The first kappa shape index (κ1) is 13.4. The third kappa shape index (κ3) is 3.23. The van der Waals surface area contributed by atoms with Crippen molar-refractivity contribution in [2.45, 2.75) is 42.9 Å². The fraction of sp³-hybridized carbons (Fsp3) is 0.538. The molecule has 18 heavy (non-hydrogen) atoms. The largest absolute Gasteiger partial charge is 0.391 e. The first-order valence-corrected chi connectivity index (χ1v) is 7.42. The fourth-order valence-electron chi connectivity index (χ4n) is 2.17. The molecule has 0 saturated heterocycles. The molecule has 1 aliphatic carbocycles. The lowest BCUT2D eigenvalue weighted by Gasteiger charge is -2.28. The van der Waals surface area contributed by atoms with Gasteiger partial charge >= 0.3 is 0 Å². The van der Waals surface area contributed by atoms with Crippen LogP contribution in [0.2, 0.25) is 0 Å². The molecule has 1 aromatic rings. The minimum atomic E-state index is -0.416. The molecule has 2 unspecified atom stereocenters. The highest BCUT2D eigenvalue weighted by Gasteiger charge is 2.24. The van der Waals surface area contributed by atoms with Gasteiger partial charge in [-0.2, -0.15) is 0 Å². The van der Waals surface area contributed by atoms with E-state index >= 15 is 0 Å². The number of nitrogens with one attached hydrogen (secondary N) is 1. The third-order valence-electron chi connectivity index (χ3n) is 3.25. The Kier molecular flexibility index (Phi) is 4.60. The summed E-state index contributed by atoms with van der Waals surface area (Å²) >= 11 is 1.54. The molecule has 98 valence electrons. The Labute approximate surface area is 111 Å². The number of aliphatic hydroxyl groups excluding tert-OH is 1. The Morgan fingerprint density at radius 2 is 2.22 bits per heavy atom. The lowest BCUT2D eigenvalue weighted by molar-refractivity contribution is 0.0717. The van der Waals surface area contributed by atoms with Crippen LogP contribution in [0.3, 0.4) is 0 Å². The number of carbonyl (C=O) groups is 1. The number of rotatable bonds is 3. The first-order chi connectivity index (χ1) is 8.70. The van der Waals surface area contributed by atoms with Crippen LogP contribution < -0.4 is 5.32 Å². The average molecular weight is 266 g/mol. The molecule has 2 rings (SSSR count). The van der Waals surface area contributed by atoms with Crippen LogP contribution in [0.1, 0.15) is 36.0 Å². The highest BCUT2D eigenvalue weighted by atomic mass is 32.2. The van der Waals surface area contributed by atoms with Crippen molar-refractivity contribution in [2.24, 2.45) is 0 Å². The predicted molar refractivity (Wildman–Crippen MR) is 71.7 cm³/mol. The SMILES string of the molecule is CSc1ccc(C(=O)NC2CCCCC2O)cn1. The summed E-state index contributed by atoms with van der Waals surface area (Å²) in [5, 5.41) is 13.6. The molecule has 1 fully saturated rings. The number of aromatic nitrogens is 1. The molecular weight excluding hydrogens is 248 g/mol. The van der Waals surface area contributed by atoms with Gasteiger partial charge in [0.05, 0.1) is 22.7 Å². The van der Waals surface area contributed by atoms with Crippen molar-refractivity contribution in [3.63, 3.8) is 0 Å². The Morgan fingerprint density at radius 1 is 1.44 bits per heavy atom. The van der Waals surface area contributed by atoms with E-state index in [1.807, 2.05) is 12.3 Å². The van der Waals surface area contributed by atoms with Crippen LogP contribution in [-0.2, 0) is 0 Å². The van der Waals surface area contributed by atoms with Gasteiger partial charge in [0, 0.05) is 6.20 Å². The average Bonchev–Trinajstić information content (AvgIpc) is 2.41. The molecule has 0 radical (unpaired) electrons. The van der Waals surface area contributed by atoms with E-state index in [-0.39, 0.29) is 11.9 Å². The van der Waals surface area contributed by atoms with Crippen LogP contribution in [0.15, 0.2) is 23.4 Å². The van der Waals surface area contributed by atoms with Crippen LogP contribution in [0, 0.1) is 0 Å². The molecule has 1 aliphatic rings. The number of hydrogen-bond donors (Lipinski definition) is 2. The van der Waals surface area contributed by atoms with Gasteiger partial charge in [-0.25, -0.2) is 4.98 Å². The molecule has 1 saturated carbocycles. The minimum Gasteiger partial charge on any atom is -0.391 e. The highest BCUT2D eigenvalue weighted by molar-refractivity contribution is 7.98. The van der Waals surface area contributed by atoms with Crippen molar-refractivity contribution in [2.75, 3.05) is 6.26 Å². The smallest absolute Gasteiger partial charge is 0.253 e. The van der Waals surface area contributed by atoms with Crippen LogP contribution in [0.5, 0.6) is 0 Å². The lowest BCUT2D eigenvalue weighted by atomic mass is 9.92. The maximum absolute atomic E-state index is 12.0. The van der Waals surface area contributed by atoms with Crippen molar-refractivity contribution >= 4 is 17.7 Å². The summed E-state index contributed by atoms with van der Waals surface area (Å²) in [6.45, 7) is 0. The Morgan fingerprint density at radius 3 is 2.83 bits per heavy atom. The van der Waals surface area contributed by atoms with E-state index in [4.69, 9.17) is 0 Å². The first-order valence-electron chi connectivity index (χ1n) is 6.19. The molecule has 5 heteroatoms. The van der Waals surface area contributed by atoms with E-state index in [0.29, 0.717) is 5.56 Å². The van der Waals surface area contributed by atoms with Crippen molar-refractivity contribution in [3.05, 3.63) is 23.9 Å². The summed E-state index contributed by atoms with van der Waals surface area (Å²) in [5.41, 5.74) is 0.547. The second-order valence-electron chi connectivity index (χ2n) is 4.52. The number of aliphatic hydroxyl groups is 1. The molecular formula is C13H18N2O2S. The molecule has 0 aromatic carbocycles. The summed E-state index contributed by atoms with van der Waals surface area (Å²) in [7, 11) is 0. The highest BCUT2D eigenvalue weighted by Crippen LogP contribution is 2.19. The summed E-state index contributed by atoms with van der Waals surface area (Å²) in [6.07, 6.45) is 6.83. The maximum atomic E-state index is 12.0. The Bertz CT molecular complexity index is 408. The molecule has 0 spiro atoms. The number of hydrogen-bond acceptors (Lipinski definition) is 4. The van der Waals surface area contributed by atoms with Gasteiger partial charge in [-0.3, -0.25) is 4.79 Å². The van der Waals surface area contributed by atoms with Gasteiger partial charge in [0.1, 0.15) is 0 Å². The Hall–Kier alpha value is -1.07. The minimum absolute atomic E-state index is 0.119.